The van der Waals surface area contributed by atoms with Crippen molar-refractivity contribution in [1.29, 1.82) is 0 Å². The molecule has 0 radical (unpaired) electrons. The smallest absolute Gasteiger partial charge is 0.252 e. The lowest BCUT2D eigenvalue weighted by Gasteiger charge is -2.50. The molecule has 14 rings (SSSR count). The first-order chi connectivity index (χ1) is 32.5. The van der Waals surface area contributed by atoms with E-state index in [1.54, 1.807) is 0 Å². The predicted molar refractivity (Wildman–Crippen MR) is 281 cm³/mol. The monoisotopic (exact) mass is 869 g/mol. The summed E-state index contributed by atoms with van der Waals surface area (Å²) in [6.45, 7) is 14.3. The van der Waals surface area contributed by atoms with Gasteiger partial charge in [0.2, 0.25) is 0 Å². The van der Waals surface area contributed by atoms with Gasteiger partial charge in [-0.2, -0.15) is 0 Å². The highest BCUT2D eigenvalue weighted by Crippen LogP contribution is 2.61. The third-order valence-corrected chi connectivity index (χ3v) is 16.6. The van der Waals surface area contributed by atoms with Gasteiger partial charge in [0.05, 0.1) is 16.6 Å². The Labute approximate surface area is 392 Å². The van der Waals surface area contributed by atoms with Crippen LogP contribution in [0.3, 0.4) is 0 Å². The molecule has 4 aliphatic rings. The molecule has 0 spiro atoms. The van der Waals surface area contributed by atoms with Crippen LogP contribution in [0.5, 0.6) is 0 Å². The van der Waals surface area contributed by atoms with Gasteiger partial charge in [-0.15, -0.1) is 0 Å². The van der Waals surface area contributed by atoms with Crippen LogP contribution in [-0.4, -0.2) is 12.3 Å². The summed E-state index contributed by atoms with van der Waals surface area (Å²) in [4.78, 5) is 7.87. The topological polar surface area (TPSA) is 36.0 Å². The second-order valence-corrected chi connectivity index (χ2v) is 21.3. The van der Waals surface area contributed by atoms with Crippen molar-refractivity contribution >= 4 is 112 Å². The van der Waals surface area contributed by atoms with Gasteiger partial charge in [-0.05, 0) is 144 Å². The van der Waals surface area contributed by atoms with Crippen molar-refractivity contribution < 1.29 is 8.83 Å². The summed E-state index contributed by atoms with van der Waals surface area (Å²) in [6.07, 6.45) is 4.83. The lowest BCUT2D eigenvalue weighted by molar-refractivity contribution is 0.195. The van der Waals surface area contributed by atoms with E-state index in [0.717, 1.165) is 61.7 Å². The van der Waals surface area contributed by atoms with Crippen molar-refractivity contribution in [2.24, 2.45) is 0 Å². The molecule has 8 aromatic carbocycles. The van der Waals surface area contributed by atoms with Gasteiger partial charge < -0.3 is 23.5 Å². The molecule has 67 heavy (non-hydrogen) atoms. The fourth-order valence-corrected chi connectivity index (χ4v) is 13.2. The molecule has 0 saturated heterocycles. The van der Waals surface area contributed by atoms with E-state index in [9.17, 15) is 0 Å². The maximum atomic E-state index is 6.59. The van der Waals surface area contributed by atoms with Crippen LogP contribution in [0.2, 0.25) is 0 Å². The minimum absolute atomic E-state index is 0.0219. The van der Waals surface area contributed by atoms with Crippen molar-refractivity contribution in [2.45, 2.75) is 83.6 Å². The van der Waals surface area contributed by atoms with Crippen molar-refractivity contribution in [3.05, 3.63) is 174 Å². The summed E-state index contributed by atoms with van der Waals surface area (Å²) in [5.74, 6) is 0. The van der Waals surface area contributed by atoms with Gasteiger partial charge in [0.15, 0.2) is 0 Å². The standard InChI is InChI=1S/C61H52BN3O2/c1-37-32-51-58-52(33-37)64(48-20-15-23-56-57(48)42-17-8-12-22-54(42)67-56)49-34-38(59(2,3)4)24-27-45(49)62(58)46-28-25-40(65-47-19-10-9-18-44(47)60(5)30-13-14-31-61(60,65)6)36-50(46)63(51)39-26-29-55-43(35-39)41-16-7-11-21-53(41)66-55/h7-12,15-29,32-36H,13-14,30-31H2,1-6H3. The number of hydrogen-bond acceptors (Lipinski definition) is 5. The molecule has 2 atom stereocenters. The average Bonchev–Trinajstić information content (AvgIpc) is 3.96. The summed E-state index contributed by atoms with van der Waals surface area (Å²) in [7, 11) is 0. The first kappa shape index (κ1) is 39.0. The second kappa shape index (κ2) is 13.5. The molecule has 326 valence electrons. The van der Waals surface area contributed by atoms with E-state index < -0.39 is 0 Å². The van der Waals surface area contributed by atoms with Crippen LogP contribution in [0.1, 0.15) is 77.0 Å². The van der Waals surface area contributed by atoms with Gasteiger partial charge in [-0.3, -0.25) is 0 Å². The number of rotatable bonds is 3. The zero-order valence-electron chi connectivity index (χ0n) is 39.1. The molecule has 1 saturated carbocycles. The van der Waals surface area contributed by atoms with E-state index in [1.807, 2.05) is 0 Å². The molecule has 5 heterocycles. The van der Waals surface area contributed by atoms with Crippen LogP contribution in [0.4, 0.5) is 45.5 Å². The minimum Gasteiger partial charge on any atom is -0.456 e. The third kappa shape index (κ3) is 5.22. The van der Waals surface area contributed by atoms with Crippen LogP contribution in [0, 0.1) is 6.92 Å². The van der Waals surface area contributed by atoms with Crippen molar-refractivity contribution in [3.8, 4) is 0 Å². The van der Waals surface area contributed by atoms with Crippen LogP contribution in [-0.2, 0) is 10.8 Å². The number of anilines is 8. The Hall–Kier alpha value is -7.18. The molecule has 0 N–H and O–H groups in total. The molecule has 10 aromatic rings. The maximum Gasteiger partial charge on any atom is 0.252 e. The first-order valence-corrected chi connectivity index (χ1v) is 24.2. The third-order valence-electron chi connectivity index (χ3n) is 16.6. The molecule has 5 nitrogen and oxygen atoms in total. The first-order valence-electron chi connectivity index (χ1n) is 24.2. The molecule has 2 aromatic heterocycles. The molecule has 2 unspecified atom stereocenters. The Balaban J connectivity index is 1.07. The summed E-state index contributed by atoms with van der Waals surface area (Å²) >= 11 is 0. The van der Waals surface area contributed by atoms with Gasteiger partial charge in [0.1, 0.15) is 22.3 Å². The molecule has 1 aliphatic carbocycles. The molecule has 3 aliphatic heterocycles. The Morgan fingerprint density at radius 3 is 1.96 bits per heavy atom. The summed E-state index contributed by atoms with van der Waals surface area (Å²) in [5.41, 5.74) is 21.1. The Morgan fingerprint density at radius 2 is 1.13 bits per heavy atom. The highest BCUT2D eigenvalue weighted by atomic mass is 16.3. The van der Waals surface area contributed by atoms with Crippen LogP contribution in [0.15, 0.2) is 167 Å². The number of furan rings is 2. The van der Waals surface area contributed by atoms with Gasteiger partial charge in [-0.1, -0.05) is 119 Å². The lowest BCUT2D eigenvalue weighted by atomic mass is 9.33. The fourth-order valence-electron chi connectivity index (χ4n) is 13.2. The quantitative estimate of drug-likeness (QED) is 0.165. The van der Waals surface area contributed by atoms with Gasteiger partial charge >= 0.3 is 0 Å². The molecule has 0 amide bonds. The van der Waals surface area contributed by atoms with E-state index in [0.29, 0.717) is 0 Å². The van der Waals surface area contributed by atoms with Gasteiger partial charge in [-0.25, -0.2) is 0 Å². The van der Waals surface area contributed by atoms with Gasteiger partial charge in [0, 0.05) is 61.4 Å². The van der Waals surface area contributed by atoms with Crippen molar-refractivity contribution in [1.82, 2.24) is 0 Å². The second-order valence-electron chi connectivity index (χ2n) is 21.3. The largest absolute Gasteiger partial charge is 0.456 e. The Bertz CT molecular complexity index is 3740. The minimum atomic E-state index is -0.0709. The summed E-state index contributed by atoms with van der Waals surface area (Å²) in [5, 5.41) is 4.50. The molecule has 6 heteroatoms. The number of benzene rings is 8. The fraction of sp³-hybridized carbons (Fsp3) is 0.213. The normalized spacial score (nSPS) is 19.6. The molecular formula is C61H52BN3O2. The summed E-state index contributed by atoms with van der Waals surface area (Å²) < 4.78 is 13.1. The van der Waals surface area contributed by atoms with Crippen LogP contribution < -0.4 is 31.1 Å². The van der Waals surface area contributed by atoms with E-state index >= 15 is 0 Å². The van der Waals surface area contributed by atoms with Crippen LogP contribution >= 0.6 is 0 Å². The van der Waals surface area contributed by atoms with Gasteiger partial charge in [0.25, 0.3) is 6.71 Å². The van der Waals surface area contributed by atoms with Crippen molar-refractivity contribution in [3.63, 3.8) is 0 Å². The number of fused-ring (bicyclic) bond motifs is 13. The average molecular weight is 870 g/mol. The number of aryl methyl sites for hydroxylation is 1. The van der Waals surface area contributed by atoms with E-state index in [2.05, 4.69) is 214 Å². The zero-order chi connectivity index (χ0) is 45.1. The highest BCUT2D eigenvalue weighted by molar-refractivity contribution is 7.00. The lowest BCUT2D eigenvalue weighted by Crippen LogP contribution is -2.61. The number of para-hydroxylation sites is 3. The molecule has 0 bridgehead atoms. The molecule has 1 fully saturated rings. The Morgan fingerprint density at radius 1 is 0.507 bits per heavy atom. The van der Waals surface area contributed by atoms with Crippen molar-refractivity contribution in [2.75, 3.05) is 14.7 Å². The van der Waals surface area contributed by atoms with Crippen LogP contribution in [0.25, 0.3) is 43.9 Å². The predicted octanol–water partition coefficient (Wildman–Crippen LogP) is 14.9. The Kier molecular flexibility index (Phi) is 7.85. The maximum absolute atomic E-state index is 6.59. The molecular weight excluding hydrogens is 818 g/mol. The van der Waals surface area contributed by atoms with E-state index in [4.69, 9.17) is 8.83 Å². The SMILES string of the molecule is Cc1cc2c3c(c1)N(c1cccc4oc5ccccc5c14)c1cc(C(C)(C)C)ccc1B3c1ccc(N3c4ccccc4C4(C)CCCCC34C)cc1N2c1ccc2oc3ccccc3c2c1. The number of nitrogens with zero attached hydrogens (tertiary/aromatic N) is 3. The number of hydrogen-bond donors (Lipinski definition) is 0. The van der Waals surface area contributed by atoms with E-state index in [-0.39, 0.29) is 23.1 Å². The van der Waals surface area contributed by atoms with E-state index in [1.165, 1.54) is 86.5 Å². The highest BCUT2D eigenvalue weighted by Gasteiger charge is 2.58. The summed E-state index contributed by atoms with van der Waals surface area (Å²) in [6, 6.07) is 59.1. The zero-order valence-corrected chi connectivity index (χ0v) is 39.1.